The summed E-state index contributed by atoms with van der Waals surface area (Å²) in [5, 5.41) is 0. The molecule has 18 heavy (non-hydrogen) atoms. The Bertz CT molecular complexity index is 361. The Morgan fingerprint density at radius 3 is 2.89 bits per heavy atom. The molecule has 1 aliphatic rings. The smallest absolute Gasteiger partial charge is 0.213 e. The molecular formula is C15H24N2O. The van der Waals surface area contributed by atoms with Gasteiger partial charge in [-0.1, -0.05) is 19.9 Å². The molecule has 0 amide bonds. The average molecular weight is 248 g/mol. The van der Waals surface area contributed by atoms with Crippen LogP contribution in [0.1, 0.15) is 45.2 Å². The minimum Gasteiger partial charge on any atom is -0.478 e. The van der Waals surface area contributed by atoms with Crippen LogP contribution in [-0.4, -0.2) is 29.6 Å². The normalized spacial score (nSPS) is 20.6. The van der Waals surface area contributed by atoms with E-state index in [2.05, 4.69) is 29.8 Å². The van der Waals surface area contributed by atoms with Gasteiger partial charge in [-0.25, -0.2) is 4.98 Å². The van der Waals surface area contributed by atoms with Gasteiger partial charge in [-0.15, -0.1) is 0 Å². The Morgan fingerprint density at radius 1 is 1.44 bits per heavy atom. The molecular weight excluding hydrogens is 224 g/mol. The number of hydrogen-bond acceptors (Lipinski definition) is 3. The molecule has 0 N–H and O–H groups in total. The monoisotopic (exact) mass is 248 g/mol. The molecule has 1 unspecified atom stereocenters. The molecule has 0 bridgehead atoms. The average Bonchev–Trinajstić information content (AvgIpc) is 2.78. The van der Waals surface area contributed by atoms with Gasteiger partial charge in [0.15, 0.2) is 0 Å². The summed E-state index contributed by atoms with van der Waals surface area (Å²) in [5.74, 6) is 1.45. The molecule has 3 heteroatoms. The zero-order chi connectivity index (χ0) is 13.0. The second kappa shape index (κ2) is 6.19. The lowest BCUT2D eigenvalue weighted by Crippen LogP contribution is -2.27. The topological polar surface area (TPSA) is 25.4 Å². The molecule has 2 rings (SSSR count). The molecule has 1 fully saturated rings. The van der Waals surface area contributed by atoms with E-state index in [1.165, 1.54) is 31.5 Å². The van der Waals surface area contributed by atoms with Gasteiger partial charge in [-0.3, -0.25) is 4.90 Å². The van der Waals surface area contributed by atoms with Crippen LogP contribution in [0, 0.1) is 5.92 Å². The molecule has 2 heterocycles. The van der Waals surface area contributed by atoms with Crippen LogP contribution >= 0.6 is 0 Å². The first-order valence-corrected chi connectivity index (χ1v) is 7.03. The third-order valence-electron chi connectivity index (χ3n) is 3.40. The van der Waals surface area contributed by atoms with Gasteiger partial charge >= 0.3 is 0 Å². The summed E-state index contributed by atoms with van der Waals surface area (Å²) >= 11 is 0. The molecule has 1 aliphatic heterocycles. The van der Waals surface area contributed by atoms with Crippen molar-refractivity contribution >= 4 is 0 Å². The first-order chi connectivity index (χ1) is 8.70. The third kappa shape index (κ3) is 3.22. The minimum atomic E-state index is 0.551. The van der Waals surface area contributed by atoms with Gasteiger partial charge in [0, 0.05) is 24.8 Å². The van der Waals surface area contributed by atoms with Crippen LogP contribution in [0.3, 0.4) is 0 Å². The molecule has 100 valence electrons. The predicted molar refractivity (Wildman–Crippen MR) is 73.8 cm³/mol. The number of pyridine rings is 1. The Kier molecular flexibility index (Phi) is 4.59. The van der Waals surface area contributed by atoms with Crippen molar-refractivity contribution in [3.8, 4) is 5.88 Å². The summed E-state index contributed by atoms with van der Waals surface area (Å²) in [5.41, 5.74) is 1.33. The van der Waals surface area contributed by atoms with Crippen LogP contribution in [0.25, 0.3) is 0 Å². The number of hydrogen-bond donors (Lipinski definition) is 0. The third-order valence-corrected chi connectivity index (χ3v) is 3.40. The highest BCUT2D eigenvalue weighted by molar-refractivity contribution is 5.21. The number of rotatable bonds is 5. The number of aromatic nitrogens is 1. The first kappa shape index (κ1) is 13.3. The lowest BCUT2D eigenvalue weighted by Gasteiger charge is -2.26. The van der Waals surface area contributed by atoms with Crippen LogP contribution < -0.4 is 4.74 Å². The fourth-order valence-electron chi connectivity index (χ4n) is 2.71. The second-order valence-corrected chi connectivity index (χ2v) is 5.41. The van der Waals surface area contributed by atoms with Crippen molar-refractivity contribution in [1.29, 1.82) is 0 Å². The summed E-state index contributed by atoms with van der Waals surface area (Å²) in [7, 11) is 0. The summed E-state index contributed by atoms with van der Waals surface area (Å²) in [6.45, 7) is 9.62. The number of likely N-dealkylation sites (tertiary alicyclic amines) is 1. The maximum absolute atomic E-state index is 5.39. The summed E-state index contributed by atoms with van der Waals surface area (Å²) < 4.78 is 5.39. The number of ether oxygens (including phenoxy) is 1. The lowest BCUT2D eigenvalue weighted by molar-refractivity contribution is 0.228. The summed E-state index contributed by atoms with van der Waals surface area (Å²) in [6, 6.07) is 4.71. The van der Waals surface area contributed by atoms with E-state index in [1.807, 2.05) is 19.2 Å². The van der Waals surface area contributed by atoms with Crippen LogP contribution in [0.2, 0.25) is 0 Å². The van der Waals surface area contributed by atoms with Crippen LogP contribution in [-0.2, 0) is 0 Å². The highest BCUT2D eigenvalue weighted by Gasteiger charge is 2.26. The van der Waals surface area contributed by atoms with Crippen molar-refractivity contribution in [3.05, 3.63) is 23.9 Å². The fraction of sp³-hybridized carbons (Fsp3) is 0.667. The highest BCUT2D eigenvalue weighted by atomic mass is 16.5. The van der Waals surface area contributed by atoms with Crippen molar-refractivity contribution in [2.24, 2.45) is 5.92 Å². The quantitative estimate of drug-likeness (QED) is 0.799. The Labute approximate surface area is 110 Å². The largest absolute Gasteiger partial charge is 0.478 e. The van der Waals surface area contributed by atoms with Crippen molar-refractivity contribution in [1.82, 2.24) is 9.88 Å². The second-order valence-electron chi connectivity index (χ2n) is 5.41. The maximum atomic E-state index is 5.39. The van der Waals surface area contributed by atoms with Crippen molar-refractivity contribution in [2.75, 3.05) is 19.7 Å². The van der Waals surface area contributed by atoms with Crippen LogP contribution in [0.4, 0.5) is 0 Å². The Balaban J connectivity index is 2.05. The standard InChI is InChI=1S/C15H24N2O/c1-4-18-15-8-7-13(10-16-15)14-6-5-9-17(14)11-12(2)3/h7-8,10,12,14H,4-6,9,11H2,1-3H3. The van der Waals surface area contributed by atoms with Gasteiger partial charge in [0.1, 0.15) is 0 Å². The van der Waals surface area contributed by atoms with E-state index in [4.69, 9.17) is 4.74 Å². The first-order valence-electron chi connectivity index (χ1n) is 7.03. The predicted octanol–water partition coefficient (Wildman–Crippen LogP) is 3.27. The van der Waals surface area contributed by atoms with E-state index >= 15 is 0 Å². The van der Waals surface area contributed by atoms with Gasteiger partial charge in [-0.05, 0) is 37.8 Å². The molecule has 0 spiro atoms. The summed E-state index contributed by atoms with van der Waals surface area (Å²) in [4.78, 5) is 6.96. The van der Waals surface area contributed by atoms with Gasteiger partial charge in [0.25, 0.3) is 0 Å². The van der Waals surface area contributed by atoms with E-state index in [9.17, 15) is 0 Å². The molecule has 3 nitrogen and oxygen atoms in total. The molecule has 1 atom stereocenters. The Morgan fingerprint density at radius 2 is 2.28 bits per heavy atom. The zero-order valence-corrected chi connectivity index (χ0v) is 11.7. The maximum Gasteiger partial charge on any atom is 0.213 e. The van der Waals surface area contributed by atoms with Gasteiger partial charge < -0.3 is 4.74 Å². The highest BCUT2D eigenvalue weighted by Crippen LogP contribution is 2.32. The molecule has 0 saturated carbocycles. The zero-order valence-electron chi connectivity index (χ0n) is 11.7. The Hall–Kier alpha value is -1.09. The van der Waals surface area contributed by atoms with E-state index in [1.54, 1.807) is 0 Å². The molecule has 1 aromatic heterocycles. The fourth-order valence-corrected chi connectivity index (χ4v) is 2.71. The van der Waals surface area contributed by atoms with E-state index in [0.29, 0.717) is 12.6 Å². The van der Waals surface area contributed by atoms with E-state index in [-0.39, 0.29) is 0 Å². The van der Waals surface area contributed by atoms with Crippen molar-refractivity contribution in [3.63, 3.8) is 0 Å². The molecule has 0 radical (unpaired) electrons. The van der Waals surface area contributed by atoms with E-state index < -0.39 is 0 Å². The van der Waals surface area contributed by atoms with Gasteiger partial charge in [-0.2, -0.15) is 0 Å². The molecule has 1 saturated heterocycles. The van der Waals surface area contributed by atoms with Gasteiger partial charge in [0.2, 0.25) is 5.88 Å². The van der Waals surface area contributed by atoms with E-state index in [0.717, 1.165) is 11.8 Å². The SMILES string of the molecule is CCOc1ccc(C2CCCN2CC(C)C)cn1. The van der Waals surface area contributed by atoms with Crippen LogP contribution in [0.15, 0.2) is 18.3 Å². The summed E-state index contributed by atoms with van der Waals surface area (Å²) in [6.07, 6.45) is 4.53. The number of nitrogens with zero attached hydrogens (tertiary/aromatic N) is 2. The molecule has 0 aromatic carbocycles. The van der Waals surface area contributed by atoms with Crippen LogP contribution in [0.5, 0.6) is 5.88 Å². The minimum absolute atomic E-state index is 0.551. The van der Waals surface area contributed by atoms with Gasteiger partial charge in [0.05, 0.1) is 6.61 Å². The molecule has 0 aliphatic carbocycles. The molecule has 1 aromatic rings. The van der Waals surface area contributed by atoms with Crippen molar-refractivity contribution < 1.29 is 4.74 Å². The lowest BCUT2D eigenvalue weighted by atomic mass is 10.1. The van der Waals surface area contributed by atoms with Crippen molar-refractivity contribution in [2.45, 2.75) is 39.7 Å².